The Morgan fingerprint density at radius 3 is 2.83 bits per heavy atom. The zero-order valence-electron chi connectivity index (χ0n) is 11.4. The van der Waals surface area contributed by atoms with E-state index in [2.05, 4.69) is 32.0 Å². The first-order chi connectivity index (χ1) is 8.67. The molecule has 1 spiro atoms. The first-order valence-electron chi connectivity index (χ1n) is 7.05. The third kappa shape index (κ3) is 2.26. The Balaban J connectivity index is 1.70. The van der Waals surface area contributed by atoms with E-state index in [4.69, 9.17) is 9.47 Å². The smallest absolute Gasteiger partial charge is 0.122 e. The van der Waals surface area contributed by atoms with Gasteiger partial charge in [-0.15, -0.1) is 0 Å². The molecule has 3 rings (SSSR count). The fourth-order valence-corrected chi connectivity index (χ4v) is 3.02. The van der Waals surface area contributed by atoms with Crippen LogP contribution in [0.2, 0.25) is 0 Å². The summed E-state index contributed by atoms with van der Waals surface area (Å²) >= 11 is 0. The van der Waals surface area contributed by atoms with Gasteiger partial charge in [-0.3, -0.25) is 0 Å². The minimum Gasteiger partial charge on any atom is -0.490 e. The molecule has 1 unspecified atom stereocenters. The van der Waals surface area contributed by atoms with E-state index < -0.39 is 0 Å². The fourth-order valence-electron chi connectivity index (χ4n) is 3.02. The van der Waals surface area contributed by atoms with Crippen molar-refractivity contribution < 1.29 is 9.47 Å². The summed E-state index contributed by atoms with van der Waals surface area (Å²) in [4.78, 5) is 0. The van der Waals surface area contributed by atoms with Gasteiger partial charge in [0.15, 0.2) is 0 Å². The zero-order valence-corrected chi connectivity index (χ0v) is 11.4. The quantitative estimate of drug-likeness (QED) is 0.790. The Labute approximate surface area is 109 Å². The molecule has 1 saturated heterocycles. The Bertz CT molecular complexity index is 435. The summed E-state index contributed by atoms with van der Waals surface area (Å²) in [5, 5.41) is 0. The second-order valence-electron chi connectivity index (χ2n) is 5.89. The van der Waals surface area contributed by atoms with E-state index in [0.717, 1.165) is 25.2 Å². The molecule has 0 bridgehead atoms. The molecule has 1 heterocycles. The van der Waals surface area contributed by atoms with E-state index in [1.807, 2.05) is 0 Å². The van der Waals surface area contributed by atoms with Gasteiger partial charge >= 0.3 is 0 Å². The van der Waals surface area contributed by atoms with Gasteiger partial charge in [-0.25, -0.2) is 0 Å². The van der Waals surface area contributed by atoms with Gasteiger partial charge < -0.3 is 9.47 Å². The minimum absolute atomic E-state index is 0.167. The predicted molar refractivity (Wildman–Crippen MR) is 72.1 cm³/mol. The Morgan fingerprint density at radius 1 is 1.28 bits per heavy atom. The van der Waals surface area contributed by atoms with Gasteiger partial charge in [0, 0.05) is 12.8 Å². The molecule has 0 N–H and O–H groups in total. The molecule has 98 valence electrons. The third-order valence-electron chi connectivity index (χ3n) is 4.35. The van der Waals surface area contributed by atoms with E-state index in [0.29, 0.717) is 6.10 Å². The van der Waals surface area contributed by atoms with E-state index in [1.54, 1.807) is 0 Å². The van der Waals surface area contributed by atoms with Crippen molar-refractivity contribution in [2.24, 2.45) is 0 Å². The summed E-state index contributed by atoms with van der Waals surface area (Å²) in [5.41, 5.74) is 2.66. The molecule has 2 aliphatic rings. The van der Waals surface area contributed by atoms with Crippen LogP contribution in [0.15, 0.2) is 18.2 Å². The van der Waals surface area contributed by atoms with Crippen LogP contribution in [0, 0.1) is 13.8 Å². The second-order valence-corrected chi connectivity index (χ2v) is 5.89. The first-order valence-corrected chi connectivity index (χ1v) is 7.05. The lowest BCUT2D eigenvalue weighted by Gasteiger charge is -2.47. The molecule has 1 saturated carbocycles. The van der Waals surface area contributed by atoms with Crippen molar-refractivity contribution in [2.45, 2.75) is 57.7 Å². The molecular formula is C16H22O2. The van der Waals surface area contributed by atoms with Crippen LogP contribution in [-0.4, -0.2) is 18.3 Å². The lowest BCUT2D eigenvalue weighted by molar-refractivity contribution is -0.153. The number of rotatable bonds is 2. The van der Waals surface area contributed by atoms with Crippen LogP contribution in [0.25, 0.3) is 0 Å². The predicted octanol–water partition coefficient (Wildman–Crippen LogP) is 3.78. The van der Waals surface area contributed by atoms with Gasteiger partial charge in [0.2, 0.25) is 0 Å². The van der Waals surface area contributed by atoms with Crippen LogP contribution in [0.3, 0.4) is 0 Å². The van der Waals surface area contributed by atoms with E-state index in [1.165, 1.54) is 30.4 Å². The van der Waals surface area contributed by atoms with Gasteiger partial charge in [-0.1, -0.05) is 12.1 Å². The molecule has 0 aromatic heterocycles. The van der Waals surface area contributed by atoms with Crippen molar-refractivity contribution in [2.75, 3.05) is 6.61 Å². The molecule has 2 fully saturated rings. The third-order valence-corrected chi connectivity index (χ3v) is 4.35. The number of hydrogen-bond acceptors (Lipinski definition) is 2. The highest BCUT2D eigenvalue weighted by molar-refractivity contribution is 5.36. The molecule has 1 aliphatic heterocycles. The molecule has 0 amide bonds. The molecule has 2 nitrogen and oxygen atoms in total. The SMILES string of the molecule is Cc1ccc(C)c(OC2CCOC3(CCC3)C2)c1. The van der Waals surface area contributed by atoms with Gasteiger partial charge in [0.05, 0.1) is 12.2 Å². The first kappa shape index (κ1) is 12.0. The van der Waals surface area contributed by atoms with Crippen molar-refractivity contribution in [3.8, 4) is 5.75 Å². The summed E-state index contributed by atoms with van der Waals surface area (Å²) in [6.45, 7) is 5.09. The molecule has 2 heteroatoms. The topological polar surface area (TPSA) is 18.5 Å². The van der Waals surface area contributed by atoms with Crippen molar-refractivity contribution in [3.63, 3.8) is 0 Å². The van der Waals surface area contributed by atoms with Crippen LogP contribution in [-0.2, 0) is 4.74 Å². The molecule has 1 aromatic rings. The van der Waals surface area contributed by atoms with Crippen molar-refractivity contribution in [3.05, 3.63) is 29.3 Å². The maximum atomic E-state index is 6.22. The standard InChI is InChI=1S/C16H22O2/c1-12-4-5-13(2)15(10-12)18-14-6-9-17-16(11-14)7-3-8-16/h4-5,10,14H,3,6-9,11H2,1-2H3. The maximum absolute atomic E-state index is 6.22. The number of hydrogen-bond donors (Lipinski definition) is 0. The summed E-state index contributed by atoms with van der Waals surface area (Å²) < 4.78 is 12.2. The van der Waals surface area contributed by atoms with E-state index in [-0.39, 0.29) is 5.60 Å². The highest BCUT2D eigenvalue weighted by Crippen LogP contribution is 2.43. The lowest BCUT2D eigenvalue weighted by Crippen LogP contribution is -2.48. The summed E-state index contributed by atoms with van der Waals surface area (Å²) in [6, 6.07) is 6.43. The van der Waals surface area contributed by atoms with Crippen LogP contribution in [0.4, 0.5) is 0 Å². The van der Waals surface area contributed by atoms with Crippen molar-refractivity contribution in [1.82, 2.24) is 0 Å². The molecule has 0 radical (unpaired) electrons. The van der Waals surface area contributed by atoms with Crippen LogP contribution in [0.1, 0.15) is 43.2 Å². The van der Waals surface area contributed by atoms with Gasteiger partial charge in [-0.05, 0) is 50.3 Å². The number of benzene rings is 1. The van der Waals surface area contributed by atoms with Crippen molar-refractivity contribution >= 4 is 0 Å². The fraction of sp³-hybridized carbons (Fsp3) is 0.625. The average molecular weight is 246 g/mol. The number of aryl methyl sites for hydroxylation is 2. The monoisotopic (exact) mass is 246 g/mol. The maximum Gasteiger partial charge on any atom is 0.122 e. The minimum atomic E-state index is 0.167. The van der Waals surface area contributed by atoms with Crippen LogP contribution in [0.5, 0.6) is 5.75 Å². The van der Waals surface area contributed by atoms with Gasteiger partial charge in [-0.2, -0.15) is 0 Å². The largest absolute Gasteiger partial charge is 0.490 e. The van der Waals surface area contributed by atoms with Gasteiger partial charge in [0.1, 0.15) is 11.9 Å². The molecular weight excluding hydrogens is 224 g/mol. The highest BCUT2D eigenvalue weighted by atomic mass is 16.5. The molecule has 1 aliphatic carbocycles. The Kier molecular flexibility index (Phi) is 3.06. The molecule has 1 atom stereocenters. The average Bonchev–Trinajstić information content (AvgIpc) is 2.32. The van der Waals surface area contributed by atoms with Crippen molar-refractivity contribution in [1.29, 1.82) is 0 Å². The molecule has 1 aromatic carbocycles. The summed E-state index contributed by atoms with van der Waals surface area (Å²) in [6.07, 6.45) is 6.19. The van der Waals surface area contributed by atoms with E-state index >= 15 is 0 Å². The Hall–Kier alpha value is -1.02. The van der Waals surface area contributed by atoms with Gasteiger partial charge in [0.25, 0.3) is 0 Å². The molecule has 18 heavy (non-hydrogen) atoms. The van der Waals surface area contributed by atoms with E-state index in [9.17, 15) is 0 Å². The Morgan fingerprint density at radius 2 is 2.11 bits per heavy atom. The van der Waals surface area contributed by atoms with Crippen LogP contribution >= 0.6 is 0 Å². The second kappa shape index (κ2) is 4.58. The summed E-state index contributed by atoms with van der Waals surface area (Å²) in [7, 11) is 0. The van der Waals surface area contributed by atoms with Crippen LogP contribution < -0.4 is 4.74 Å². The highest BCUT2D eigenvalue weighted by Gasteiger charge is 2.43. The summed E-state index contributed by atoms with van der Waals surface area (Å²) in [5.74, 6) is 1.05. The lowest BCUT2D eigenvalue weighted by atomic mass is 9.74. The normalized spacial score (nSPS) is 25.8. The number of ether oxygens (including phenoxy) is 2. The zero-order chi connectivity index (χ0) is 12.6.